The molecule has 0 aromatic heterocycles. The lowest BCUT2D eigenvalue weighted by molar-refractivity contribution is 0.180. The fraction of sp³-hybridized carbons (Fsp3) is 0.600. The van der Waals surface area contributed by atoms with Crippen molar-refractivity contribution >= 4 is 27.3 Å². The normalized spacial score (nSPS) is 22.6. The first-order chi connectivity index (χ1) is 8.69. The van der Waals surface area contributed by atoms with E-state index in [1.165, 1.54) is 57.3 Å². The molecule has 1 aliphatic carbocycles. The van der Waals surface area contributed by atoms with Crippen LogP contribution in [0.4, 0.5) is 11.4 Å². The standard InChI is InChI=1S/C15H21BrN2/c16-13-9-12(5-6-14(13)17)18-10-15(11-18)7-3-1-2-4-8-15/h5-6,9H,1-4,7-8,10-11,17H2. The summed E-state index contributed by atoms with van der Waals surface area (Å²) >= 11 is 3.52. The number of anilines is 2. The summed E-state index contributed by atoms with van der Waals surface area (Å²) in [6.45, 7) is 2.48. The molecule has 98 valence electrons. The van der Waals surface area contributed by atoms with Gasteiger partial charge in [-0.25, -0.2) is 0 Å². The predicted octanol–water partition coefficient (Wildman–Crippen LogP) is 4.19. The fourth-order valence-corrected chi connectivity index (χ4v) is 3.82. The number of nitrogens with two attached hydrogens (primary N) is 1. The van der Waals surface area contributed by atoms with Gasteiger partial charge < -0.3 is 10.6 Å². The maximum atomic E-state index is 5.84. The lowest BCUT2D eigenvalue weighted by Crippen LogP contribution is -2.56. The molecule has 0 atom stereocenters. The monoisotopic (exact) mass is 308 g/mol. The number of hydrogen-bond acceptors (Lipinski definition) is 2. The van der Waals surface area contributed by atoms with Crippen molar-refractivity contribution in [2.45, 2.75) is 38.5 Å². The van der Waals surface area contributed by atoms with Crippen LogP contribution in [-0.2, 0) is 0 Å². The van der Waals surface area contributed by atoms with Gasteiger partial charge in [0.2, 0.25) is 0 Å². The van der Waals surface area contributed by atoms with Crippen LogP contribution < -0.4 is 10.6 Å². The van der Waals surface area contributed by atoms with E-state index in [0.29, 0.717) is 5.41 Å². The third-order valence-corrected chi connectivity index (χ3v) is 5.25. The van der Waals surface area contributed by atoms with Crippen LogP contribution in [-0.4, -0.2) is 13.1 Å². The Morgan fingerprint density at radius 1 is 1.06 bits per heavy atom. The number of nitrogens with zero attached hydrogens (tertiary/aromatic N) is 1. The van der Waals surface area contributed by atoms with Gasteiger partial charge in [-0.2, -0.15) is 0 Å². The van der Waals surface area contributed by atoms with Crippen molar-refractivity contribution in [2.75, 3.05) is 23.7 Å². The summed E-state index contributed by atoms with van der Waals surface area (Å²) in [7, 11) is 0. The van der Waals surface area contributed by atoms with Crippen molar-refractivity contribution in [2.24, 2.45) is 5.41 Å². The SMILES string of the molecule is Nc1ccc(N2CC3(CCCCCC3)C2)cc1Br. The molecule has 2 nitrogen and oxygen atoms in total. The second kappa shape index (κ2) is 4.76. The zero-order valence-electron chi connectivity index (χ0n) is 10.8. The minimum atomic E-state index is 0.629. The van der Waals surface area contributed by atoms with E-state index in [4.69, 9.17) is 5.73 Å². The third-order valence-electron chi connectivity index (χ3n) is 4.57. The van der Waals surface area contributed by atoms with Crippen molar-refractivity contribution < 1.29 is 0 Å². The molecule has 3 heteroatoms. The highest BCUT2D eigenvalue weighted by Gasteiger charge is 2.42. The molecule has 1 aromatic rings. The highest BCUT2D eigenvalue weighted by atomic mass is 79.9. The molecule has 3 rings (SSSR count). The van der Waals surface area contributed by atoms with Crippen LogP contribution >= 0.6 is 15.9 Å². The zero-order valence-corrected chi connectivity index (χ0v) is 12.4. The lowest BCUT2D eigenvalue weighted by Gasteiger charge is -2.51. The smallest absolute Gasteiger partial charge is 0.0460 e. The molecule has 2 fully saturated rings. The molecule has 0 radical (unpaired) electrons. The fourth-order valence-electron chi connectivity index (χ4n) is 3.45. The summed E-state index contributed by atoms with van der Waals surface area (Å²) in [5.41, 5.74) is 8.60. The first kappa shape index (κ1) is 12.3. The summed E-state index contributed by atoms with van der Waals surface area (Å²) in [4.78, 5) is 2.50. The Balaban J connectivity index is 1.68. The van der Waals surface area contributed by atoms with Gasteiger partial charge in [-0.1, -0.05) is 25.7 Å². The molecule has 1 aliphatic heterocycles. The Labute approximate surface area is 118 Å². The topological polar surface area (TPSA) is 29.3 Å². The predicted molar refractivity (Wildman–Crippen MR) is 80.9 cm³/mol. The molecular weight excluding hydrogens is 288 g/mol. The van der Waals surface area contributed by atoms with E-state index >= 15 is 0 Å². The van der Waals surface area contributed by atoms with Gasteiger partial charge in [0.25, 0.3) is 0 Å². The summed E-state index contributed by atoms with van der Waals surface area (Å²) < 4.78 is 1.02. The number of benzene rings is 1. The van der Waals surface area contributed by atoms with E-state index < -0.39 is 0 Å². The molecule has 1 aromatic carbocycles. The van der Waals surface area contributed by atoms with Gasteiger partial charge in [0.05, 0.1) is 0 Å². The van der Waals surface area contributed by atoms with Gasteiger partial charge in [0.15, 0.2) is 0 Å². The van der Waals surface area contributed by atoms with Crippen LogP contribution in [0.2, 0.25) is 0 Å². The van der Waals surface area contributed by atoms with Crippen molar-refractivity contribution in [1.29, 1.82) is 0 Å². The molecule has 1 heterocycles. The van der Waals surface area contributed by atoms with Crippen molar-refractivity contribution in [3.05, 3.63) is 22.7 Å². The van der Waals surface area contributed by atoms with E-state index in [0.717, 1.165) is 10.2 Å². The Morgan fingerprint density at radius 3 is 2.33 bits per heavy atom. The van der Waals surface area contributed by atoms with Crippen molar-refractivity contribution in [1.82, 2.24) is 0 Å². The first-order valence-electron chi connectivity index (χ1n) is 6.99. The van der Waals surface area contributed by atoms with E-state index in [2.05, 4.69) is 33.0 Å². The van der Waals surface area contributed by atoms with Gasteiger partial charge >= 0.3 is 0 Å². The molecule has 1 saturated heterocycles. The minimum Gasteiger partial charge on any atom is -0.398 e. The first-order valence-corrected chi connectivity index (χ1v) is 7.78. The number of hydrogen-bond donors (Lipinski definition) is 1. The maximum absolute atomic E-state index is 5.84. The van der Waals surface area contributed by atoms with Crippen LogP contribution in [0.3, 0.4) is 0 Å². The summed E-state index contributed by atoms with van der Waals surface area (Å²) in [6.07, 6.45) is 8.60. The lowest BCUT2D eigenvalue weighted by atomic mass is 9.73. The second-order valence-corrected chi connectivity index (χ2v) is 6.83. The molecule has 1 saturated carbocycles. The average molecular weight is 309 g/mol. The molecule has 1 spiro atoms. The quantitative estimate of drug-likeness (QED) is 0.788. The van der Waals surface area contributed by atoms with Crippen LogP contribution in [0.1, 0.15) is 38.5 Å². The van der Waals surface area contributed by atoms with E-state index in [1.807, 2.05) is 6.07 Å². The second-order valence-electron chi connectivity index (χ2n) is 5.98. The Kier molecular flexibility index (Phi) is 3.27. The maximum Gasteiger partial charge on any atom is 0.0460 e. The Morgan fingerprint density at radius 2 is 1.72 bits per heavy atom. The summed E-state index contributed by atoms with van der Waals surface area (Å²) in [5, 5.41) is 0. The number of rotatable bonds is 1. The third kappa shape index (κ3) is 2.25. The minimum absolute atomic E-state index is 0.629. The van der Waals surface area contributed by atoms with Crippen LogP contribution in [0.15, 0.2) is 22.7 Å². The Bertz CT molecular complexity index is 428. The van der Waals surface area contributed by atoms with Crippen LogP contribution in [0.25, 0.3) is 0 Å². The van der Waals surface area contributed by atoms with Crippen molar-refractivity contribution in [3.63, 3.8) is 0 Å². The van der Waals surface area contributed by atoms with Gasteiger partial charge in [0.1, 0.15) is 0 Å². The van der Waals surface area contributed by atoms with Crippen LogP contribution in [0.5, 0.6) is 0 Å². The van der Waals surface area contributed by atoms with Gasteiger partial charge in [-0.15, -0.1) is 0 Å². The molecule has 2 N–H and O–H groups in total. The number of nitrogen functional groups attached to an aromatic ring is 1. The van der Waals surface area contributed by atoms with Gasteiger partial charge in [-0.05, 0) is 47.0 Å². The van der Waals surface area contributed by atoms with Crippen LogP contribution in [0, 0.1) is 5.41 Å². The molecule has 0 bridgehead atoms. The van der Waals surface area contributed by atoms with E-state index in [9.17, 15) is 0 Å². The molecule has 18 heavy (non-hydrogen) atoms. The summed E-state index contributed by atoms with van der Waals surface area (Å²) in [6, 6.07) is 6.29. The molecule has 0 amide bonds. The molecule has 2 aliphatic rings. The highest BCUT2D eigenvalue weighted by Crippen LogP contribution is 2.45. The summed E-state index contributed by atoms with van der Waals surface area (Å²) in [5.74, 6) is 0. The molecular formula is C15H21BrN2. The van der Waals surface area contributed by atoms with Gasteiger partial charge in [0, 0.05) is 34.4 Å². The zero-order chi connectivity index (χ0) is 12.6. The Hall–Kier alpha value is -0.700. The van der Waals surface area contributed by atoms with E-state index in [1.54, 1.807) is 0 Å². The number of halogens is 1. The molecule has 0 unspecified atom stereocenters. The largest absolute Gasteiger partial charge is 0.398 e. The average Bonchev–Trinajstić information content (AvgIpc) is 2.56. The highest BCUT2D eigenvalue weighted by molar-refractivity contribution is 9.10. The van der Waals surface area contributed by atoms with Crippen molar-refractivity contribution in [3.8, 4) is 0 Å². The van der Waals surface area contributed by atoms with E-state index in [-0.39, 0.29) is 0 Å². The van der Waals surface area contributed by atoms with Gasteiger partial charge in [-0.3, -0.25) is 0 Å².